The topological polar surface area (TPSA) is 26.3 Å². The minimum atomic E-state index is -0.0783. The molecule has 0 aliphatic heterocycles. The molecule has 3 heteroatoms. The molecule has 0 N–H and O–H groups in total. The Hall–Kier alpha value is -1.87. The Kier molecular flexibility index (Phi) is 3.40. The smallest absolute Gasteiger partial charge is 0.185 e. The lowest BCUT2D eigenvalue weighted by atomic mass is 10.1. The van der Waals surface area contributed by atoms with Crippen LogP contribution in [0, 0.1) is 0 Å². The first kappa shape index (κ1) is 11.6. The highest BCUT2D eigenvalue weighted by Crippen LogP contribution is 2.34. The van der Waals surface area contributed by atoms with Crippen LogP contribution < -0.4 is 4.74 Å². The Bertz CT molecular complexity index is 541. The van der Waals surface area contributed by atoms with Crippen LogP contribution in [0.5, 0.6) is 5.75 Å². The van der Waals surface area contributed by atoms with Gasteiger partial charge in [-0.3, -0.25) is 4.79 Å². The largest absolute Gasteiger partial charge is 0.496 e. The number of carbonyl (C=O) groups is 1. The molecule has 0 unspecified atom stereocenters. The van der Waals surface area contributed by atoms with Crippen molar-refractivity contribution in [2.45, 2.75) is 0 Å². The minimum Gasteiger partial charge on any atom is -0.496 e. The molecular formula is C14H12O2S. The van der Waals surface area contributed by atoms with Crippen molar-refractivity contribution in [1.29, 1.82) is 0 Å². The van der Waals surface area contributed by atoms with Gasteiger partial charge in [0.25, 0.3) is 0 Å². The molecule has 0 bridgehead atoms. The minimum absolute atomic E-state index is 0.0783. The first-order valence-electron chi connectivity index (χ1n) is 5.15. The molecule has 17 heavy (non-hydrogen) atoms. The summed E-state index contributed by atoms with van der Waals surface area (Å²) in [6.45, 7) is 3.49. The number of hydrogen-bond acceptors (Lipinski definition) is 3. The van der Waals surface area contributed by atoms with Crippen LogP contribution in [0.3, 0.4) is 0 Å². The number of thiophene rings is 1. The third-order valence-corrected chi connectivity index (χ3v) is 3.36. The summed E-state index contributed by atoms with van der Waals surface area (Å²) in [4.78, 5) is 12.7. The molecule has 0 saturated carbocycles. The highest BCUT2D eigenvalue weighted by Gasteiger charge is 2.10. The standard InChI is InChI=1S/C14H12O2S/c1-3-12(15)10-6-7-13(16-2)11(9-10)14-5-4-8-17-14/h3-9H,1H2,2H3. The van der Waals surface area contributed by atoms with Gasteiger partial charge in [0, 0.05) is 16.0 Å². The zero-order chi connectivity index (χ0) is 12.3. The monoisotopic (exact) mass is 244 g/mol. The van der Waals surface area contributed by atoms with Gasteiger partial charge in [0.1, 0.15) is 5.75 Å². The number of hydrogen-bond donors (Lipinski definition) is 0. The quantitative estimate of drug-likeness (QED) is 0.604. The molecule has 2 aromatic rings. The van der Waals surface area contributed by atoms with E-state index < -0.39 is 0 Å². The van der Waals surface area contributed by atoms with Crippen LogP contribution in [0.25, 0.3) is 10.4 Å². The first-order chi connectivity index (χ1) is 8.26. The average molecular weight is 244 g/mol. The summed E-state index contributed by atoms with van der Waals surface area (Å²) in [7, 11) is 1.63. The first-order valence-corrected chi connectivity index (χ1v) is 6.03. The van der Waals surface area contributed by atoms with E-state index in [1.807, 2.05) is 29.6 Å². The summed E-state index contributed by atoms with van der Waals surface area (Å²) in [5.41, 5.74) is 1.57. The maximum atomic E-state index is 11.6. The molecule has 0 saturated heterocycles. The van der Waals surface area contributed by atoms with Crippen molar-refractivity contribution >= 4 is 17.1 Å². The van der Waals surface area contributed by atoms with Gasteiger partial charge in [-0.25, -0.2) is 0 Å². The molecule has 0 amide bonds. The number of carbonyl (C=O) groups excluding carboxylic acids is 1. The van der Waals surface area contributed by atoms with Gasteiger partial charge in [0.15, 0.2) is 5.78 Å². The number of ether oxygens (including phenoxy) is 1. The highest BCUT2D eigenvalue weighted by atomic mass is 32.1. The SMILES string of the molecule is C=CC(=O)c1ccc(OC)c(-c2cccs2)c1. The van der Waals surface area contributed by atoms with Crippen LogP contribution in [0.15, 0.2) is 48.4 Å². The van der Waals surface area contributed by atoms with E-state index in [1.54, 1.807) is 24.5 Å². The van der Waals surface area contributed by atoms with E-state index in [1.165, 1.54) is 6.08 Å². The van der Waals surface area contributed by atoms with Crippen LogP contribution in [-0.4, -0.2) is 12.9 Å². The molecule has 1 heterocycles. The van der Waals surface area contributed by atoms with Crippen molar-refractivity contribution in [1.82, 2.24) is 0 Å². The van der Waals surface area contributed by atoms with Gasteiger partial charge < -0.3 is 4.74 Å². The second-order valence-corrected chi connectivity index (χ2v) is 4.41. The van der Waals surface area contributed by atoms with Crippen molar-refractivity contribution in [2.24, 2.45) is 0 Å². The summed E-state index contributed by atoms with van der Waals surface area (Å²) < 4.78 is 5.31. The van der Waals surface area contributed by atoms with E-state index >= 15 is 0 Å². The number of methoxy groups -OCH3 is 1. The zero-order valence-corrected chi connectivity index (χ0v) is 10.3. The second kappa shape index (κ2) is 4.97. The summed E-state index contributed by atoms with van der Waals surface area (Å²) in [6.07, 6.45) is 1.32. The third kappa shape index (κ3) is 2.29. The average Bonchev–Trinajstić information content (AvgIpc) is 2.90. The molecule has 1 aromatic carbocycles. The van der Waals surface area contributed by atoms with E-state index in [-0.39, 0.29) is 5.78 Å². The van der Waals surface area contributed by atoms with Crippen LogP contribution in [0.1, 0.15) is 10.4 Å². The molecule has 0 atom stereocenters. The fourth-order valence-electron chi connectivity index (χ4n) is 1.60. The van der Waals surface area contributed by atoms with Gasteiger partial charge in [-0.1, -0.05) is 12.6 Å². The summed E-state index contributed by atoms with van der Waals surface area (Å²) in [5.74, 6) is 0.693. The van der Waals surface area contributed by atoms with Crippen LogP contribution >= 0.6 is 11.3 Å². The lowest BCUT2D eigenvalue weighted by Gasteiger charge is -2.08. The maximum absolute atomic E-state index is 11.6. The number of ketones is 1. The van der Waals surface area contributed by atoms with Gasteiger partial charge in [0.2, 0.25) is 0 Å². The second-order valence-electron chi connectivity index (χ2n) is 3.46. The van der Waals surface area contributed by atoms with Gasteiger partial charge in [0.05, 0.1) is 7.11 Å². The lowest BCUT2D eigenvalue weighted by Crippen LogP contribution is -1.95. The lowest BCUT2D eigenvalue weighted by molar-refractivity contribution is 0.104. The van der Waals surface area contributed by atoms with Crippen molar-refractivity contribution in [3.8, 4) is 16.2 Å². The molecule has 0 aliphatic rings. The Labute approximate surface area is 104 Å². The van der Waals surface area contributed by atoms with Crippen molar-refractivity contribution in [3.63, 3.8) is 0 Å². The highest BCUT2D eigenvalue weighted by molar-refractivity contribution is 7.13. The van der Waals surface area contributed by atoms with E-state index in [0.29, 0.717) is 5.56 Å². The number of allylic oxidation sites excluding steroid dienone is 1. The van der Waals surface area contributed by atoms with Gasteiger partial charge in [-0.2, -0.15) is 0 Å². The van der Waals surface area contributed by atoms with Crippen LogP contribution in [0.2, 0.25) is 0 Å². The Morgan fingerprint density at radius 2 is 2.24 bits per heavy atom. The van der Waals surface area contributed by atoms with E-state index in [9.17, 15) is 4.79 Å². The molecule has 0 radical (unpaired) electrons. The van der Waals surface area contributed by atoms with Gasteiger partial charge >= 0.3 is 0 Å². The predicted molar refractivity (Wildman–Crippen MR) is 70.8 cm³/mol. The number of benzene rings is 1. The fourth-order valence-corrected chi connectivity index (χ4v) is 2.35. The normalized spacial score (nSPS) is 9.94. The molecule has 0 spiro atoms. The molecule has 2 nitrogen and oxygen atoms in total. The van der Waals surface area contributed by atoms with Crippen molar-refractivity contribution < 1.29 is 9.53 Å². The van der Waals surface area contributed by atoms with Crippen molar-refractivity contribution in [3.05, 3.63) is 53.9 Å². The molecule has 0 fully saturated rings. The third-order valence-electron chi connectivity index (χ3n) is 2.46. The molecule has 2 rings (SSSR count). The Morgan fingerprint density at radius 1 is 1.41 bits per heavy atom. The summed E-state index contributed by atoms with van der Waals surface area (Å²) in [5, 5.41) is 2.00. The van der Waals surface area contributed by atoms with Crippen molar-refractivity contribution in [2.75, 3.05) is 7.11 Å². The molecule has 86 valence electrons. The molecule has 1 aromatic heterocycles. The Balaban J connectivity index is 2.55. The predicted octanol–water partition coefficient (Wildman–Crippen LogP) is 3.79. The fraction of sp³-hybridized carbons (Fsp3) is 0.0714. The number of rotatable bonds is 4. The molecule has 0 aliphatic carbocycles. The Morgan fingerprint density at radius 3 is 2.82 bits per heavy atom. The van der Waals surface area contributed by atoms with Crippen LogP contribution in [-0.2, 0) is 0 Å². The maximum Gasteiger partial charge on any atom is 0.185 e. The van der Waals surface area contributed by atoms with E-state index in [4.69, 9.17) is 4.74 Å². The van der Waals surface area contributed by atoms with Gasteiger partial charge in [-0.15, -0.1) is 11.3 Å². The van der Waals surface area contributed by atoms with Crippen LogP contribution in [0.4, 0.5) is 0 Å². The zero-order valence-electron chi connectivity index (χ0n) is 9.47. The van der Waals surface area contributed by atoms with E-state index in [2.05, 4.69) is 6.58 Å². The van der Waals surface area contributed by atoms with Gasteiger partial charge in [-0.05, 0) is 35.7 Å². The molecular weight excluding hydrogens is 232 g/mol. The summed E-state index contributed by atoms with van der Waals surface area (Å²) in [6, 6.07) is 9.38. The summed E-state index contributed by atoms with van der Waals surface area (Å²) >= 11 is 1.62. The van der Waals surface area contributed by atoms with E-state index in [0.717, 1.165) is 16.2 Å².